The van der Waals surface area contributed by atoms with Crippen molar-refractivity contribution in [3.8, 4) is 5.75 Å². The molecule has 0 bridgehead atoms. The van der Waals surface area contributed by atoms with Crippen molar-refractivity contribution in [2.75, 3.05) is 5.73 Å². The van der Waals surface area contributed by atoms with E-state index in [0.717, 1.165) is 0 Å². The number of hydrogen-bond donors (Lipinski definition) is 3. The number of benzene rings is 1. The van der Waals surface area contributed by atoms with Crippen LogP contribution in [-0.4, -0.2) is 10.2 Å². The SMILES string of the molecule is CC.Nc1ccc(O)cc1CO. The molecule has 68 valence electrons. The van der Waals surface area contributed by atoms with E-state index in [2.05, 4.69) is 0 Å². The van der Waals surface area contributed by atoms with E-state index < -0.39 is 0 Å². The lowest BCUT2D eigenvalue weighted by Crippen LogP contribution is -1.92. The molecule has 0 saturated carbocycles. The van der Waals surface area contributed by atoms with E-state index in [1.54, 1.807) is 6.07 Å². The molecule has 0 spiro atoms. The zero-order valence-electron chi connectivity index (χ0n) is 7.41. The highest BCUT2D eigenvalue weighted by Crippen LogP contribution is 2.17. The van der Waals surface area contributed by atoms with Gasteiger partial charge in [0.15, 0.2) is 0 Å². The second-order valence-electron chi connectivity index (χ2n) is 2.04. The van der Waals surface area contributed by atoms with Crippen LogP contribution in [0.1, 0.15) is 19.4 Å². The third-order valence-corrected chi connectivity index (χ3v) is 1.30. The third-order valence-electron chi connectivity index (χ3n) is 1.30. The van der Waals surface area contributed by atoms with Gasteiger partial charge in [0.1, 0.15) is 5.75 Å². The highest BCUT2D eigenvalue weighted by Gasteiger charge is 1.96. The summed E-state index contributed by atoms with van der Waals surface area (Å²) < 4.78 is 0. The van der Waals surface area contributed by atoms with Crippen molar-refractivity contribution < 1.29 is 10.2 Å². The Morgan fingerprint density at radius 3 is 2.33 bits per heavy atom. The maximum absolute atomic E-state index is 8.90. The Kier molecular flexibility index (Phi) is 4.88. The summed E-state index contributed by atoms with van der Waals surface area (Å²) in [5.74, 6) is 0.123. The van der Waals surface area contributed by atoms with Crippen LogP contribution in [0.25, 0.3) is 0 Å². The first-order valence-corrected chi connectivity index (χ1v) is 3.92. The molecule has 4 N–H and O–H groups in total. The summed E-state index contributed by atoms with van der Waals surface area (Å²) >= 11 is 0. The number of nitrogens with two attached hydrogens (primary N) is 1. The molecule has 0 saturated heterocycles. The number of hydrogen-bond acceptors (Lipinski definition) is 3. The minimum absolute atomic E-state index is 0.123. The Bertz CT molecular complexity index is 236. The molecule has 1 rings (SSSR count). The number of aliphatic hydroxyl groups excluding tert-OH is 1. The molecule has 0 aromatic heterocycles. The molecule has 0 aliphatic carbocycles. The van der Waals surface area contributed by atoms with Gasteiger partial charge in [0, 0.05) is 11.3 Å². The van der Waals surface area contributed by atoms with Gasteiger partial charge < -0.3 is 15.9 Å². The van der Waals surface area contributed by atoms with E-state index in [4.69, 9.17) is 15.9 Å². The summed E-state index contributed by atoms with van der Waals surface area (Å²) in [6, 6.07) is 4.48. The Labute approximate surface area is 72.5 Å². The molecule has 3 heteroatoms. The number of nitrogen functional groups attached to an aromatic ring is 1. The first-order valence-electron chi connectivity index (χ1n) is 3.92. The number of aromatic hydroxyl groups is 1. The fourth-order valence-electron chi connectivity index (χ4n) is 0.729. The van der Waals surface area contributed by atoms with Gasteiger partial charge in [-0.15, -0.1) is 0 Å². The Morgan fingerprint density at radius 1 is 1.33 bits per heavy atom. The summed E-state index contributed by atoms with van der Waals surface area (Å²) in [7, 11) is 0. The molecule has 0 atom stereocenters. The molecule has 3 nitrogen and oxygen atoms in total. The Hall–Kier alpha value is -1.22. The molecule has 0 aliphatic heterocycles. The summed E-state index contributed by atoms with van der Waals surface area (Å²) in [5.41, 5.74) is 6.48. The fraction of sp³-hybridized carbons (Fsp3) is 0.333. The largest absolute Gasteiger partial charge is 0.508 e. The van der Waals surface area contributed by atoms with Crippen molar-refractivity contribution in [2.24, 2.45) is 0 Å². The maximum Gasteiger partial charge on any atom is 0.116 e. The van der Waals surface area contributed by atoms with Crippen LogP contribution in [0.4, 0.5) is 5.69 Å². The van der Waals surface area contributed by atoms with Crippen molar-refractivity contribution in [1.29, 1.82) is 0 Å². The minimum Gasteiger partial charge on any atom is -0.508 e. The van der Waals surface area contributed by atoms with Crippen LogP contribution in [0.15, 0.2) is 18.2 Å². The molecule has 0 aliphatic rings. The van der Waals surface area contributed by atoms with Gasteiger partial charge in [-0.25, -0.2) is 0 Å². The molecule has 1 aromatic rings. The zero-order chi connectivity index (χ0) is 9.56. The molecular weight excluding hydrogens is 154 g/mol. The van der Waals surface area contributed by atoms with Crippen molar-refractivity contribution >= 4 is 5.69 Å². The predicted molar refractivity (Wildman–Crippen MR) is 49.8 cm³/mol. The second-order valence-corrected chi connectivity index (χ2v) is 2.04. The second kappa shape index (κ2) is 5.43. The van der Waals surface area contributed by atoms with Gasteiger partial charge >= 0.3 is 0 Å². The van der Waals surface area contributed by atoms with Gasteiger partial charge in [0.25, 0.3) is 0 Å². The van der Waals surface area contributed by atoms with Crippen LogP contribution < -0.4 is 5.73 Å². The maximum atomic E-state index is 8.90. The van der Waals surface area contributed by atoms with Gasteiger partial charge in [0.2, 0.25) is 0 Å². The van der Waals surface area contributed by atoms with Gasteiger partial charge in [-0.1, -0.05) is 13.8 Å². The van der Waals surface area contributed by atoms with Gasteiger partial charge in [0.05, 0.1) is 6.61 Å². The lowest BCUT2D eigenvalue weighted by Gasteiger charge is -2.00. The van der Waals surface area contributed by atoms with Gasteiger partial charge in [-0.3, -0.25) is 0 Å². The number of phenols is 1. The van der Waals surface area contributed by atoms with E-state index in [0.29, 0.717) is 11.3 Å². The average molecular weight is 169 g/mol. The van der Waals surface area contributed by atoms with Crippen LogP contribution in [0, 0.1) is 0 Å². The Morgan fingerprint density at radius 2 is 1.92 bits per heavy atom. The summed E-state index contributed by atoms with van der Waals surface area (Å²) in [6.07, 6.45) is 0. The van der Waals surface area contributed by atoms with Crippen LogP contribution in [-0.2, 0) is 6.61 Å². The molecule has 0 amide bonds. The van der Waals surface area contributed by atoms with Crippen LogP contribution in [0.2, 0.25) is 0 Å². The minimum atomic E-state index is -0.139. The normalized spacial score (nSPS) is 8.58. The van der Waals surface area contributed by atoms with Gasteiger partial charge in [-0.05, 0) is 18.2 Å². The highest BCUT2D eigenvalue weighted by molar-refractivity contribution is 5.49. The van der Waals surface area contributed by atoms with E-state index in [9.17, 15) is 0 Å². The third kappa shape index (κ3) is 2.80. The molecule has 0 unspecified atom stereocenters. The van der Waals surface area contributed by atoms with Crippen molar-refractivity contribution in [2.45, 2.75) is 20.5 Å². The number of rotatable bonds is 1. The quantitative estimate of drug-likeness (QED) is 0.441. The highest BCUT2D eigenvalue weighted by atomic mass is 16.3. The zero-order valence-corrected chi connectivity index (χ0v) is 7.41. The van der Waals surface area contributed by atoms with Crippen molar-refractivity contribution in [1.82, 2.24) is 0 Å². The lowest BCUT2D eigenvalue weighted by molar-refractivity contribution is 0.282. The first-order chi connectivity index (χ1) is 5.74. The van der Waals surface area contributed by atoms with E-state index in [1.165, 1.54) is 12.1 Å². The molecule has 1 aromatic carbocycles. The molecule has 0 heterocycles. The standard InChI is InChI=1S/C7H9NO2.C2H6/c8-7-2-1-6(10)3-5(7)4-9;1-2/h1-3,9-10H,4,8H2;1-2H3. The monoisotopic (exact) mass is 169 g/mol. The predicted octanol–water partition coefficient (Wildman–Crippen LogP) is 1.49. The molecular formula is C9H15NO2. The van der Waals surface area contributed by atoms with Crippen LogP contribution >= 0.6 is 0 Å². The smallest absolute Gasteiger partial charge is 0.116 e. The van der Waals surface area contributed by atoms with E-state index >= 15 is 0 Å². The summed E-state index contributed by atoms with van der Waals surface area (Å²) in [4.78, 5) is 0. The molecule has 12 heavy (non-hydrogen) atoms. The number of anilines is 1. The van der Waals surface area contributed by atoms with Crippen molar-refractivity contribution in [3.63, 3.8) is 0 Å². The van der Waals surface area contributed by atoms with E-state index in [-0.39, 0.29) is 12.4 Å². The molecule has 0 fully saturated rings. The first kappa shape index (κ1) is 10.8. The lowest BCUT2D eigenvalue weighted by atomic mass is 10.2. The summed E-state index contributed by atoms with van der Waals surface area (Å²) in [6.45, 7) is 3.86. The Balaban J connectivity index is 0.000000561. The van der Waals surface area contributed by atoms with Crippen LogP contribution in [0.5, 0.6) is 5.75 Å². The van der Waals surface area contributed by atoms with Crippen LogP contribution in [0.3, 0.4) is 0 Å². The topological polar surface area (TPSA) is 66.5 Å². The molecule has 0 radical (unpaired) electrons. The average Bonchev–Trinajstić information content (AvgIpc) is 2.13. The van der Waals surface area contributed by atoms with Gasteiger partial charge in [-0.2, -0.15) is 0 Å². The van der Waals surface area contributed by atoms with E-state index in [1.807, 2.05) is 13.8 Å². The number of aliphatic hydroxyl groups is 1. The van der Waals surface area contributed by atoms with Crippen molar-refractivity contribution in [3.05, 3.63) is 23.8 Å². The number of phenolic OH excluding ortho intramolecular Hbond substituents is 1. The summed E-state index contributed by atoms with van der Waals surface area (Å²) in [5, 5.41) is 17.6. The fourth-order valence-corrected chi connectivity index (χ4v) is 0.729.